The van der Waals surface area contributed by atoms with Gasteiger partial charge in [-0.3, -0.25) is 14.9 Å². The van der Waals surface area contributed by atoms with Gasteiger partial charge in [-0.2, -0.15) is 0 Å². The zero-order valence-electron chi connectivity index (χ0n) is 23.4. The summed E-state index contributed by atoms with van der Waals surface area (Å²) in [6, 6.07) is 3.81. The second-order valence-corrected chi connectivity index (χ2v) is 12.3. The average Bonchev–Trinajstić information content (AvgIpc) is 3.50. The Hall–Kier alpha value is -1.90. The van der Waals surface area contributed by atoms with Gasteiger partial charge in [0.15, 0.2) is 5.76 Å². The van der Waals surface area contributed by atoms with Gasteiger partial charge in [-0.1, -0.05) is 26.2 Å². The highest BCUT2D eigenvalue weighted by atomic mass is 16.5. The van der Waals surface area contributed by atoms with Crippen molar-refractivity contribution in [3.63, 3.8) is 0 Å². The average molecular weight is 529 g/mol. The second kappa shape index (κ2) is 13.0. The summed E-state index contributed by atoms with van der Waals surface area (Å²) in [5, 5.41) is 3.64. The van der Waals surface area contributed by atoms with Gasteiger partial charge in [-0.15, -0.1) is 0 Å². The molecule has 38 heavy (non-hydrogen) atoms. The number of hydrogen-bond acceptors (Lipinski definition) is 6. The Morgan fingerprint density at radius 3 is 2.47 bits per heavy atom. The standard InChI is InChI=1S/C30H48N4O4/c1-24-7-8-27(31-23-24)34(29(36)26-6-5-19-38-26)25-9-14-32(15-10-25)16-13-30(11-3-2-4-12-30)22-28(35)33-17-20-37-21-18-33/h5-6,19,24-25,27,31H,2-4,7-18,20-23H2,1H3. The number of likely N-dealkylation sites (tertiary alicyclic amines) is 1. The summed E-state index contributed by atoms with van der Waals surface area (Å²) in [6.07, 6.45) is 13.7. The third kappa shape index (κ3) is 6.80. The molecule has 4 heterocycles. The monoisotopic (exact) mass is 528 g/mol. The van der Waals surface area contributed by atoms with Crippen molar-refractivity contribution >= 4 is 11.8 Å². The predicted octanol–water partition coefficient (Wildman–Crippen LogP) is 4.12. The molecular weight excluding hydrogens is 480 g/mol. The molecular formula is C30H48N4O4. The normalized spacial score (nSPS) is 27.2. The highest BCUT2D eigenvalue weighted by Crippen LogP contribution is 2.43. The van der Waals surface area contributed by atoms with Gasteiger partial charge < -0.3 is 23.9 Å². The first kappa shape index (κ1) is 27.7. The Morgan fingerprint density at radius 2 is 1.82 bits per heavy atom. The van der Waals surface area contributed by atoms with Gasteiger partial charge in [0.2, 0.25) is 5.91 Å². The number of ether oxygens (including phenoxy) is 1. The molecule has 8 heteroatoms. The summed E-state index contributed by atoms with van der Waals surface area (Å²) >= 11 is 0. The minimum absolute atomic E-state index is 0.0169. The lowest BCUT2D eigenvalue weighted by Gasteiger charge is -2.45. The molecule has 1 aliphatic carbocycles. The fourth-order valence-electron chi connectivity index (χ4n) is 7.19. The third-order valence-corrected chi connectivity index (χ3v) is 9.65. The molecule has 3 saturated heterocycles. The maximum absolute atomic E-state index is 13.5. The first-order chi connectivity index (χ1) is 18.5. The van der Waals surface area contributed by atoms with Crippen molar-refractivity contribution in [2.45, 2.75) is 89.8 Å². The Balaban J connectivity index is 1.17. The molecule has 0 spiro atoms. The van der Waals surface area contributed by atoms with E-state index in [1.54, 1.807) is 18.4 Å². The molecule has 1 N–H and O–H groups in total. The van der Waals surface area contributed by atoms with Crippen LogP contribution in [0.15, 0.2) is 22.8 Å². The number of amides is 2. The number of morpholine rings is 1. The molecule has 5 rings (SSSR count). The molecule has 3 aliphatic heterocycles. The molecule has 1 aromatic heterocycles. The molecule has 0 aromatic carbocycles. The van der Waals surface area contributed by atoms with Crippen molar-refractivity contribution in [1.29, 1.82) is 0 Å². The number of rotatable bonds is 8. The van der Waals surface area contributed by atoms with E-state index in [9.17, 15) is 9.59 Å². The van der Waals surface area contributed by atoms with Gasteiger partial charge in [0.1, 0.15) is 0 Å². The first-order valence-electron chi connectivity index (χ1n) is 15.2. The van der Waals surface area contributed by atoms with E-state index in [1.165, 1.54) is 32.1 Å². The zero-order chi connectivity index (χ0) is 26.4. The number of carbonyl (C=O) groups is 2. The van der Waals surface area contributed by atoms with Crippen LogP contribution in [0.2, 0.25) is 0 Å². The van der Waals surface area contributed by atoms with Crippen LogP contribution in [0.25, 0.3) is 0 Å². The summed E-state index contributed by atoms with van der Waals surface area (Å²) < 4.78 is 11.0. The van der Waals surface area contributed by atoms with Crippen LogP contribution in [0.1, 0.15) is 88.1 Å². The van der Waals surface area contributed by atoms with E-state index < -0.39 is 0 Å². The van der Waals surface area contributed by atoms with E-state index in [0.717, 1.165) is 71.4 Å². The topological polar surface area (TPSA) is 78.3 Å². The molecule has 1 saturated carbocycles. The molecule has 2 unspecified atom stereocenters. The Bertz CT molecular complexity index is 878. The lowest BCUT2D eigenvalue weighted by molar-refractivity contribution is -0.138. The highest BCUT2D eigenvalue weighted by molar-refractivity contribution is 5.92. The van der Waals surface area contributed by atoms with Crippen molar-refractivity contribution < 1.29 is 18.7 Å². The fourth-order valence-corrected chi connectivity index (χ4v) is 7.19. The Morgan fingerprint density at radius 1 is 1.05 bits per heavy atom. The van der Waals surface area contributed by atoms with Crippen LogP contribution in [0.5, 0.6) is 0 Å². The van der Waals surface area contributed by atoms with E-state index in [-0.39, 0.29) is 23.5 Å². The van der Waals surface area contributed by atoms with E-state index in [1.807, 2.05) is 4.90 Å². The van der Waals surface area contributed by atoms with Crippen molar-refractivity contribution in [3.05, 3.63) is 24.2 Å². The van der Waals surface area contributed by atoms with Crippen LogP contribution in [-0.2, 0) is 9.53 Å². The number of carbonyl (C=O) groups excluding carboxylic acids is 2. The maximum Gasteiger partial charge on any atom is 0.291 e. The van der Waals surface area contributed by atoms with E-state index >= 15 is 0 Å². The summed E-state index contributed by atoms with van der Waals surface area (Å²) in [4.78, 5) is 33.4. The summed E-state index contributed by atoms with van der Waals surface area (Å²) in [7, 11) is 0. The van der Waals surface area contributed by atoms with Crippen molar-refractivity contribution in [2.24, 2.45) is 11.3 Å². The SMILES string of the molecule is CC1CCC(N(C(=O)c2ccco2)C2CCN(CCC3(CC(=O)N4CCOCC4)CCCCC3)CC2)NC1. The number of piperidine rings is 2. The van der Waals surface area contributed by atoms with Crippen LogP contribution < -0.4 is 5.32 Å². The zero-order valence-corrected chi connectivity index (χ0v) is 23.4. The molecule has 0 radical (unpaired) electrons. The molecule has 4 aliphatic rings. The van der Waals surface area contributed by atoms with Gasteiger partial charge in [0, 0.05) is 38.6 Å². The molecule has 8 nitrogen and oxygen atoms in total. The quantitative estimate of drug-likeness (QED) is 0.547. The molecule has 1 aromatic rings. The number of hydrogen-bond donors (Lipinski definition) is 1. The van der Waals surface area contributed by atoms with Crippen molar-refractivity contribution in [2.75, 3.05) is 52.5 Å². The summed E-state index contributed by atoms with van der Waals surface area (Å²) in [5.74, 6) is 1.44. The van der Waals surface area contributed by atoms with Crippen LogP contribution in [0.4, 0.5) is 0 Å². The summed E-state index contributed by atoms with van der Waals surface area (Å²) in [5.41, 5.74) is 0.147. The van der Waals surface area contributed by atoms with Crippen LogP contribution in [0, 0.1) is 11.3 Å². The van der Waals surface area contributed by atoms with Crippen molar-refractivity contribution in [1.82, 2.24) is 20.0 Å². The van der Waals surface area contributed by atoms with Gasteiger partial charge in [-0.05, 0) is 81.5 Å². The second-order valence-electron chi connectivity index (χ2n) is 12.3. The summed E-state index contributed by atoms with van der Waals surface area (Å²) in [6.45, 7) is 9.10. The minimum atomic E-state index is 0.0169. The van der Waals surface area contributed by atoms with E-state index in [4.69, 9.17) is 9.15 Å². The van der Waals surface area contributed by atoms with Gasteiger partial charge in [-0.25, -0.2) is 0 Å². The third-order valence-electron chi connectivity index (χ3n) is 9.65. The largest absolute Gasteiger partial charge is 0.459 e. The molecule has 2 atom stereocenters. The van der Waals surface area contributed by atoms with E-state index in [2.05, 4.69) is 22.0 Å². The molecule has 4 fully saturated rings. The fraction of sp³-hybridized carbons (Fsp3) is 0.800. The van der Waals surface area contributed by atoms with Crippen LogP contribution >= 0.6 is 0 Å². The Kier molecular flexibility index (Phi) is 9.44. The lowest BCUT2D eigenvalue weighted by Crippen LogP contribution is -2.58. The van der Waals surface area contributed by atoms with E-state index in [0.29, 0.717) is 37.2 Å². The van der Waals surface area contributed by atoms with Crippen molar-refractivity contribution in [3.8, 4) is 0 Å². The number of furan rings is 1. The smallest absolute Gasteiger partial charge is 0.291 e. The van der Waals surface area contributed by atoms with Gasteiger partial charge >= 0.3 is 0 Å². The number of nitrogens with one attached hydrogen (secondary N) is 1. The number of nitrogens with zero attached hydrogens (tertiary/aromatic N) is 3. The minimum Gasteiger partial charge on any atom is -0.459 e. The first-order valence-corrected chi connectivity index (χ1v) is 15.2. The molecule has 2 amide bonds. The van der Waals surface area contributed by atoms with Gasteiger partial charge in [0.25, 0.3) is 5.91 Å². The van der Waals surface area contributed by atoms with Crippen LogP contribution in [0.3, 0.4) is 0 Å². The van der Waals surface area contributed by atoms with Crippen LogP contribution in [-0.4, -0.2) is 91.2 Å². The highest BCUT2D eigenvalue weighted by Gasteiger charge is 2.38. The van der Waals surface area contributed by atoms with Gasteiger partial charge in [0.05, 0.1) is 25.6 Å². The molecule has 0 bridgehead atoms. The predicted molar refractivity (Wildman–Crippen MR) is 147 cm³/mol. The Labute approximate surface area is 228 Å². The maximum atomic E-state index is 13.5. The molecule has 212 valence electrons. The lowest BCUT2D eigenvalue weighted by atomic mass is 9.69.